The van der Waals surface area contributed by atoms with Crippen molar-refractivity contribution in [2.75, 3.05) is 13.2 Å². The molecule has 0 heterocycles. The zero-order valence-corrected chi connectivity index (χ0v) is 50.1. The van der Waals surface area contributed by atoms with E-state index < -0.39 is 6.10 Å². The second-order valence-electron chi connectivity index (χ2n) is 22.0. The summed E-state index contributed by atoms with van der Waals surface area (Å²) >= 11 is 0. The van der Waals surface area contributed by atoms with Gasteiger partial charge in [0, 0.05) is 19.3 Å². The van der Waals surface area contributed by atoms with Crippen LogP contribution in [0, 0.1) is 0 Å². The molecule has 6 heteroatoms. The Hall–Kier alpha value is -2.89. The quantitative estimate of drug-likeness (QED) is 0.0261. The molecular formula is C69H124O6. The monoisotopic (exact) mass is 1050 g/mol. The maximum Gasteiger partial charge on any atom is 0.306 e. The summed E-state index contributed by atoms with van der Waals surface area (Å²) < 4.78 is 16.9. The Bertz CT molecular complexity index is 1340. The van der Waals surface area contributed by atoms with E-state index in [0.29, 0.717) is 19.3 Å². The van der Waals surface area contributed by atoms with Gasteiger partial charge in [0.25, 0.3) is 0 Å². The van der Waals surface area contributed by atoms with E-state index >= 15 is 0 Å². The van der Waals surface area contributed by atoms with Crippen LogP contribution in [0.5, 0.6) is 0 Å². The van der Waals surface area contributed by atoms with E-state index in [9.17, 15) is 14.4 Å². The molecule has 0 aromatic heterocycles. The van der Waals surface area contributed by atoms with Gasteiger partial charge in [-0.05, 0) is 103 Å². The van der Waals surface area contributed by atoms with Crippen molar-refractivity contribution in [1.29, 1.82) is 0 Å². The Morgan fingerprint density at radius 2 is 0.493 bits per heavy atom. The van der Waals surface area contributed by atoms with Crippen molar-refractivity contribution in [2.24, 2.45) is 0 Å². The first-order chi connectivity index (χ1) is 37.0. The Balaban J connectivity index is 4.24. The first-order valence-electron chi connectivity index (χ1n) is 32.8. The van der Waals surface area contributed by atoms with Crippen LogP contribution in [-0.4, -0.2) is 37.2 Å². The molecule has 0 aliphatic heterocycles. The summed E-state index contributed by atoms with van der Waals surface area (Å²) in [7, 11) is 0. The molecule has 436 valence electrons. The number of allylic oxidation sites excluding steroid dienone is 10. The van der Waals surface area contributed by atoms with Crippen LogP contribution in [0.3, 0.4) is 0 Å². The zero-order valence-electron chi connectivity index (χ0n) is 50.1. The first kappa shape index (κ1) is 72.1. The van der Waals surface area contributed by atoms with Crippen LogP contribution in [0.1, 0.15) is 342 Å². The van der Waals surface area contributed by atoms with Gasteiger partial charge in [-0.2, -0.15) is 0 Å². The summed E-state index contributed by atoms with van der Waals surface area (Å²) in [6, 6.07) is 0. The Labute approximate surface area is 466 Å². The normalized spacial score (nSPS) is 12.4. The van der Waals surface area contributed by atoms with Crippen molar-refractivity contribution in [2.45, 2.75) is 348 Å². The van der Waals surface area contributed by atoms with Crippen molar-refractivity contribution < 1.29 is 28.6 Å². The van der Waals surface area contributed by atoms with Crippen LogP contribution < -0.4 is 0 Å². The van der Waals surface area contributed by atoms with Gasteiger partial charge in [-0.3, -0.25) is 14.4 Å². The third-order valence-electron chi connectivity index (χ3n) is 14.5. The Morgan fingerprint density at radius 1 is 0.267 bits per heavy atom. The topological polar surface area (TPSA) is 78.9 Å². The molecule has 0 aliphatic carbocycles. The molecule has 6 nitrogen and oxygen atoms in total. The van der Waals surface area contributed by atoms with Gasteiger partial charge in [-0.15, -0.1) is 0 Å². The number of rotatable bonds is 60. The molecule has 0 aromatic carbocycles. The fourth-order valence-electron chi connectivity index (χ4n) is 9.49. The average Bonchev–Trinajstić information content (AvgIpc) is 3.41. The van der Waals surface area contributed by atoms with Crippen LogP contribution in [0.4, 0.5) is 0 Å². The standard InChI is InChI=1S/C69H124O6/c1-4-7-10-13-16-19-22-24-26-28-30-32-33-34-35-37-38-40-42-44-47-50-53-56-59-62-68(71)74-65-66(64-73-67(70)61-58-55-52-49-46-21-18-15-12-9-6-3)75-69(72)63-60-57-54-51-48-45-43-41-39-36-31-29-27-25-23-20-17-14-11-8-5-2/h15,18,22-25,28-31,66H,4-14,16-17,19-21,26-27,32-65H2,1-3H3/b18-15-,24-22-,25-23-,30-28-,31-29-. The molecule has 1 unspecified atom stereocenters. The smallest absolute Gasteiger partial charge is 0.306 e. The predicted molar refractivity (Wildman–Crippen MR) is 325 cm³/mol. The number of hydrogen-bond donors (Lipinski definition) is 0. The minimum absolute atomic E-state index is 0.0769. The molecule has 0 radical (unpaired) electrons. The highest BCUT2D eigenvalue weighted by molar-refractivity contribution is 5.71. The molecule has 1 atom stereocenters. The lowest BCUT2D eigenvalue weighted by Gasteiger charge is -2.18. The summed E-state index contributed by atoms with van der Waals surface area (Å²) in [5.74, 6) is -0.876. The van der Waals surface area contributed by atoms with E-state index in [0.717, 1.165) is 77.0 Å². The zero-order chi connectivity index (χ0) is 54.3. The molecule has 0 amide bonds. The third-order valence-corrected chi connectivity index (χ3v) is 14.5. The number of ether oxygens (including phenoxy) is 3. The van der Waals surface area contributed by atoms with Crippen LogP contribution in [-0.2, 0) is 28.6 Å². The van der Waals surface area contributed by atoms with Crippen molar-refractivity contribution in [3.8, 4) is 0 Å². The van der Waals surface area contributed by atoms with Crippen LogP contribution >= 0.6 is 0 Å². The molecule has 75 heavy (non-hydrogen) atoms. The van der Waals surface area contributed by atoms with Gasteiger partial charge in [0.2, 0.25) is 0 Å². The molecule has 0 saturated carbocycles. The van der Waals surface area contributed by atoms with Crippen LogP contribution in [0.15, 0.2) is 60.8 Å². The molecule has 0 aliphatic rings. The molecule has 0 spiro atoms. The van der Waals surface area contributed by atoms with Gasteiger partial charge in [-0.25, -0.2) is 0 Å². The van der Waals surface area contributed by atoms with Crippen molar-refractivity contribution in [3.05, 3.63) is 60.8 Å². The van der Waals surface area contributed by atoms with Crippen molar-refractivity contribution >= 4 is 17.9 Å². The predicted octanol–water partition coefficient (Wildman–Crippen LogP) is 22.3. The second kappa shape index (κ2) is 63.6. The molecule has 0 N–H and O–H groups in total. The molecule has 0 saturated heterocycles. The van der Waals surface area contributed by atoms with Gasteiger partial charge in [0.05, 0.1) is 0 Å². The Morgan fingerprint density at radius 3 is 0.787 bits per heavy atom. The molecule has 0 aromatic rings. The van der Waals surface area contributed by atoms with E-state index in [1.807, 2.05) is 0 Å². The summed E-state index contributed by atoms with van der Waals surface area (Å²) in [6.45, 7) is 6.61. The number of esters is 3. The van der Waals surface area contributed by atoms with Gasteiger partial charge < -0.3 is 14.2 Å². The van der Waals surface area contributed by atoms with E-state index in [-0.39, 0.29) is 31.1 Å². The lowest BCUT2D eigenvalue weighted by atomic mass is 10.0. The average molecular weight is 1050 g/mol. The summed E-state index contributed by atoms with van der Waals surface area (Å²) in [6.07, 6.45) is 80.9. The number of unbranched alkanes of at least 4 members (excludes halogenated alkanes) is 39. The number of carbonyl (C=O) groups excluding carboxylic acids is 3. The van der Waals surface area contributed by atoms with Crippen molar-refractivity contribution in [3.63, 3.8) is 0 Å². The summed E-state index contributed by atoms with van der Waals surface area (Å²) in [4.78, 5) is 38.3. The van der Waals surface area contributed by atoms with Gasteiger partial charge in [0.15, 0.2) is 6.10 Å². The van der Waals surface area contributed by atoms with E-state index in [1.165, 1.54) is 225 Å². The molecule has 0 bridgehead atoms. The van der Waals surface area contributed by atoms with E-state index in [2.05, 4.69) is 81.5 Å². The molecular weight excluding hydrogens is 925 g/mol. The summed E-state index contributed by atoms with van der Waals surface area (Å²) in [5, 5.41) is 0. The molecule has 0 rings (SSSR count). The van der Waals surface area contributed by atoms with Crippen molar-refractivity contribution in [1.82, 2.24) is 0 Å². The first-order valence-corrected chi connectivity index (χ1v) is 32.8. The van der Waals surface area contributed by atoms with Gasteiger partial charge in [0.1, 0.15) is 13.2 Å². The van der Waals surface area contributed by atoms with Gasteiger partial charge >= 0.3 is 17.9 Å². The van der Waals surface area contributed by atoms with Gasteiger partial charge in [-0.1, -0.05) is 281 Å². The molecule has 0 fully saturated rings. The highest BCUT2D eigenvalue weighted by atomic mass is 16.6. The van der Waals surface area contributed by atoms with Crippen LogP contribution in [0.2, 0.25) is 0 Å². The second-order valence-corrected chi connectivity index (χ2v) is 22.0. The minimum atomic E-state index is -0.780. The number of hydrogen-bond acceptors (Lipinski definition) is 6. The van der Waals surface area contributed by atoms with E-state index in [4.69, 9.17) is 14.2 Å². The lowest BCUT2D eigenvalue weighted by Crippen LogP contribution is -2.30. The fraction of sp³-hybridized carbons (Fsp3) is 0.812. The third kappa shape index (κ3) is 61.8. The van der Waals surface area contributed by atoms with E-state index in [1.54, 1.807) is 0 Å². The fourth-order valence-corrected chi connectivity index (χ4v) is 9.49. The highest BCUT2D eigenvalue weighted by Gasteiger charge is 2.19. The maximum atomic E-state index is 12.9. The minimum Gasteiger partial charge on any atom is -0.462 e. The number of carbonyl (C=O) groups is 3. The lowest BCUT2D eigenvalue weighted by molar-refractivity contribution is -0.167. The van der Waals surface area contributed by atoms with Crippen LogP contribution in [0.25, 0.3) is 0 Å². The summed E-state index contributed by atoms with van der Waals surface area (Å²) in [5.41, 5.74) is 0. The SMILES string of the molecule is CCCC/C=C\CCCCCCCC(=O)OCC(COC(=O)CCCCCCCCCCCCCCC/C=C\C/C=C\CCCCCCC)OC(=O)CCCCCCCCCCC/C=C\C/C=C\CCCCCCC. The maximum absolute atomic E-state index is 12.9. The highest BCUT2D eigenvalue weighted by Crippen LogP contribution is 2.17. The largest absolute Gasteiger partial charge is 0.462 e. The Kier molecular flexibility index (Phi) is 61.2.